The molecule has 3 rings (SSSR count). The van der Waals surface area contributed by atoms with Gasteiger partial charge in [-0.05, 0) is 36.5 Å². The molecule has 0 bridgehead atoms. The van der Waals surface area contributed by atoms with E-state index < -0.39 is 6.04 Å². The molecule has 0 unspecified atom stereocenters. The Hall–Kier alpha value is -2.50. The molecule has 0 aliphatic carbocycles. The zero-order chi connectivity index (χ0) is 19.2. The quantitative estimate of drug-likeness (QED) is 0.496. The number of carbonyl (C=O) groups is 1. The molecule has 3 N–H and O–H groups in total. The van der Waals surface area contributed by atoms with Gasteiger partial charge in [0.25, 0.3) is 11.9 Å². The van der Waals surface area contributed by atoms with Crippen molar-refractivity contribution in [2.45, 2.75) is 13.0 Å². The normalized spacial score (nSPS) is 15.1. The number of aromatic nitrogens is 4. The van der Waals surface area contributed by atoms with Gasteiger partial charge in [-0.2, -0.15) is 0 Å². The van der Waals surface area contributed by atoms with Crippen LogP contribution in [0.2, 0.25) is 5.02 Å². The molecule has 27 heavy (non-hydrogen) atoms. The summed E-state index contributed by atoms with van der Waals surface area (Å²) in [4.78, 5) is 15.5. The number of hydrazine groups is 1. The fraction of sp³-hybridized carbons (Fsp3) is 0.400. The Kier molecular flexibility index (Phi) is 6.37. The average Bonchev–Trinajstić information content (AvgIpc) is 3.18. The molecule has 10 nitrogen and oxygen atoms in total. The van der Waals surface area contributed by atoms with Crippen LogP contribution < -0.4 is 21.1 Å². The maximum absolute atomic E-state index is 12.3. The van der Waals surface area contributed by atoms with Gasteiger partial charge >= 0.3 is 0 Å². The van der Waals surface area contributed by atoms with Crippen LogP contribution in [0.25, 0.3) is 0 Å². The molecule has 1 aliphatic rings. The maximum Gasteiger partial charge on any atom is 0.266 e. The highest BCUT2D eigenvalue weighted by atomic mass is 35.5. The number of rotatable bonds is 4. The highest BCUT2D eigenvalue weighted by molar-refractivity contribution is 7.80. The fourth-order valence-corrected chi connectivity index (χ4v) is 2.66. The van der Waals surface area contributed by atoms with Gasteiger partial charge in [0.05, 0.1) is 23.9 Å². The molecule has 1 aromatic heterocycles. The van der Waals surface area contributed by atoms with Gasteiger partial charge in [0.15, 0.2) is 11.2 Å². The first-order valence-electron chi connectivity index (χ1n) is 8.28. The van der Waals surface area contributed by atoms with E-state index in [0.717, 1.165) is 0 Å². The Morgan fingerprint density at radius 2 is 2.04 bits per heavy atom. The van der Waals surface area contributed by atoms with Gasteiger partial charge in [0, 0.05) is 13.1 Å². The van der Waals surface area contributed by atoms with Gasteiger partial charge in [-0.25, -0.2) is 0 Å². The molecule has 1 saturated heterocycles. The number of carbonyl (C=O) groups excluding carboxylic acids is 1. The minimum absolute atomic E-state index is 0.198. The first kappa shape index (κ1) is 19.3. The predicted octanol–water partition coefficient (Wildman–Crippen LogP) is 0.742. The van der Waals surface area contributed by atoms with Gasteiger partial charge < -0.3 is 15.0 Å². The largest absolute Gasteiger partial charge is 0.378 e. The lowest BCUT2D eigenvalue weighted by Gasteiger charge is -2.24. The van der Waals surface area contributed by atoms with Crippen molar-refractivity contribution >= 4 is 46.5 Å². The molecule has 2 heterocycles. The van der Waals surface area contributed by atoms with Gasteiger partial charge in [0.2, 0.25) is 0 Å². The van der Waals surface area contributed by atoms with Crippen LogP contribution in [-0.4, -0.2) is 57.5 Å². The molecule has 12 heteroatoms. The monoisotopic (exact) mass is 410 g/mol. The van der Waals surface area contributed by atoms with E-state index in [0.29, 0.717) is 43.0 Å². The molecule has 0 spiro atoms. The second kappa shape index (κ2) is 8.93. The van der Waals surface area contributed by atoms with Crippen LogP contribution in [0, 0.1) is 0 Å². The molecule has 1 atom stereocenters. The van der Waals surface area contributed by atoms with Gasteiger partial charge in [-0.1, -0.05) is 28.8 Å². The summed E-state index contributed by atoms with van der Waals surface area (Å²) in [6, 6.07) is 6.45. The van der Waals surface area contributed by atoms with Crippen molar-refractivity contribution in [2.75, 3.05) is 36.5 Å². The molecule has 0 radical (unpaired) electrons. The number of tetrazole rings is 1. The summed E-state index contributed by atoms with van der Waals surface area (Å²) >= 11 is 11.2. The zero-order valence-electron chi connectivity index (χ0n) is 14.6. The average molecular weight is 411 g/mol. The van der Waals surface area contributed by atoms with E-state index in [1.54, 1.807) is 19.1 Å². The number of thiocarbonyl (C=S) groups is 1. The van der Waals surface area contributed by atoms with Crippen molar-refractivity contribution in [1.82, 2.24) is 31.1 Å². The molecule has 1 fully saturated rings. The molecule has 1 aliphatic heterocycles. The lowest BCUT2D eigenvalue weighted by Crippen LogP contribution is -2.46. The number of hydrogen-bond donors (Lipinski definition) is 3. The second-order valence-corrected chi connectivity index (χ2v) is 6.55. The number of halogens is 1. The summed E-state index contributed by atoms with van der Waals surface area (Å²) in [5.41, 5.74) is 5.77. The number of anilines is 2. The van der Waals surface area contributed by atoms with E-state index >= 15 is 0 Å². The lowest BCUT2D eigenvalue weighted by atomic mass is 10.3. The van der Waals surface area contributed by atoms with Gasteiger partial charge in [0.1, 0.15) is 0 Å². The molecular weight excluding hydrogens is 392 g/mol. The van der Waals surface area contributed by atoms with Gasteiger partial charge in [-0.3, -0.25) is 15.6 Å². The van der Waals surface area contributed by atoms with Crippen LogP contribution in [0.3, 0.4) is 0 Å². The van der Waals surface area contributed by atoms with Crippen LogP contribution >= 0.6 is 23.8 Å². The number of ether oxygens (including phenoxy) is 1. The van der Waals surface area contributed by atoms with E-state index in [1.807, 2.05) is 17.0 Å². The molecular formula is C15H19ClN8O2S. The number of nitrogens with zero attached hydrogens (tertiary/aromatic N) is 5. The third-order valence-corrected chi connectivity index (χ3v) is 4.39. The van der Waals surface area contributed by atoms with Crippen molar-refractivity contribution in [1.29, 1.82) is 0 Å². The first-order chi connectivity index (χ1) is 13.0. The summed E-state index contributed by atoms with van der Waals surface area (Å²) in [6.45, 7) is 4.27. The highest BCUT2D eigenvalue weighted by Gasteiger charge is 2.21. The van der Waals surface area contributed by atoms with E-state index in [2.05, 4.69) is 31.6 Å². The molecule has 144 valence electrons. The molecule has 1 amide bonds. The number of benzene rings is 1. The molecule has 0 saturated carbocycles. The topological polar surface area (TPSA) is 109 Å². The standard InChI is InChI=1S/C15H19ClN8O2S/c1-10(24-21-14(19-22-24)23-6-8-26-9-7-23)13(25)18-20-15(27)17-12-5-3-2-4-11(12)16/h2-5,10H,6-9H2,1H3,(H,18,25)(H2,17,20,27)/t10-/m1/s1. The predicted molar refractivity (Wildman–Crippen MR) is 105 cm³/mol. The summed E-state index contributed by atoms with van der Waals surface area (Å²) < 4.78 is 5.29. The number of nitrogens with one attached hydrogen (secondary N) is 3. The Morgan fingerprint density at radius 1 is 1.30 bits per heavy atom. The van der Waals surface area contributed by atoms with Gasteiger partial charge in [-0.15, -0.1) is 9.90 Å². The van der Waals surface area contributed by atoms with Crippen LogP contribution in [0.4, 0.5) is 11.6 Å². The van der Waals surface area contributed by atoms with Crippen LogP contribution in [0.5, 0.6) is 0 Å². The fourth-order valence-electron chi connectivity index (χ4n) is 2.32. The minimum atomic E-state index is -0.678. The van der Waals surface area contributed by atoms with Crippen LogP contribution in [-0.2, 0) is 9.53 Å². The van der Waals surface area contributed by atoms with E-state index in [-0.39, 0.29) is 11.0 Å². The summed E-state index contributed by atoms with van der Waals surface area (Å²) in [7, 11) is 0. The van der Waals surface area contributed by atoms with Crippen molar-refractivity contribution < 1.29 is 9.53 Å². The van der Waals surface area contributed by atoms with E-state index in [1.165, 1.54) is 4.80 Å². The lowest BCUT2D eigenvalue weighted by molar-refractivity contribution is -0.125. The maximum atomic E-state index is 12.3. The number of amides is 1. The van der Waals surface area contributed by atoms with Crippen molar-refractivity contribution in [3.05, 3.63) is 29.3 Å². The number of morpholine rings is 1. The summed E-state index contributed by atoms with van der Waals surface area (Å²) in [6.07, 6.45) is 0. The smallest absolute Gasteiger partial charge is 0.266 e. The zero-order valence-corrected chi connectivity index (χ0v) is 16.1. The van der Waals surface area contributed by atoms with Crippen molar-refractivity contribution in [2.24, 2.45) is 0 Å². The Bertz CT molecular complexity index is 811. The summed E-state index contributed by atoms with van der Waals surface area (Å²) in [5.74, 6) is 0.103. The number of para-hydroxylation sites is 1. The first-order valence-corrected chi connectivity index (χ1v) is 9.07. The van der Waals surface area contributed by atoms with Crippen molar-refractivity contribution in [3.8, 4) is 0 Å². The Labute approximate surface area is 166 Å². The van der Waals surface area contributed by atoms with Crippen LogP contribution in [0.15, 0.2) is 24.3 Å². The SMILES string of the molecule is C[C@H](C(=O)NNC(=S)Nc1ccccc1Cl)n1nnc(N2CCOCC2)n1. The molecule has 2 aromatic rings. The van der Waals surface area contributed by atoms with E-state index in [4.69, 9.17) is 28.6 Å². The highest BCUT2D eigenvalue weighted by Crippen LogP contribution is 2.20. The Morgan fingerprint density at radius 3 is 2.78 bits per heavy atom. The number of hydrogen-bond acceptors (Lipinski definition) is 7. The molecule has 1 aromatic carbocycles. The van der Waals surface area contributed by atoms with E-state index in [9.17, 15) is 4.79 Å². The van der Waals surface area contributed by atoms with Crippen molar-refractivity contribution in [3.63, 3.8) is 0 Å². The second-order valence-electron chi connectivity index (χ2n) is 5.73. The van der Waals surface area contributed by atoms with Crippen LogP contribution in [0.1, 0.15) is 13.0 Å². The third kappa shape index (κ3) is 5.02. The third-order valence-electron chi connectivity index (χ3n) is 3.86. The minimum Gasteiger partial charge on any atom is -0.378 e. The Balaban J connectivity index is 1.51. The summed E-state index contributed by atoms with van der Waals surface area (Å²) in [5, 5.41) is 15.8.